The molecule has 0 aliphatic carbocycles. The second-order valence-corrected chi connectivity index (χ2v) is 6.26. The van der Waals surface area contributed by atoms with E-state index in [1.807, 2.05) is 25.7 Å². The van der Waals surface area contributed by atoms with Gasteiger partial charge in [-0.25, -0.2) is 0 Å². The first kappa shape index (κ1) is 15.7. The standard InChI is InChI=1S/C14H27N3O3/c1-11-8-16(9-12(10-18)20-11)13(19)14(2,3)17-6-4-15-5-7-17/h11-12,15,18H,4-10H2,1-3H3. The monoisotopic (exact) mass is 285 g/mol. The Morgan fingerprint density at radius 1 is 1.35 bits per heavy atom. The fourth-order valence-electron chi connectivity index (χ4n) is 3.06. The van der Waals surface area contributed by atoms with E-state index in [4.69, 9.17) is 4.74 Å². The molecule has 2 N–H and O–H groups in total. The molecule has 1 amide bonds. The van der Waals surface area contributed by atoms with Gasteiger partial charge in [-0.1, -0.05) is 0 Å². The molecule has 2 atom stereocenters. The van der Waals surface area contributed by atoms with E-state index in [1.165, 1.54) is 0 Å². The first-order chi connectivity index (χ1) is 9.45. The molecule has 0 aromatic heterocycles. The molecule has 116 valence electrons. The van der Waals surface area contributed by atoms with Crippen LogP contribution in [0.5, 0.6) is 0 Å². The molecule has 0 bridgehead atoms. The number of nitrogens with zero attached hydrogens (tertiary/aromatic N) is 2. The summed E-state index contributed by atoms with van der Waals surface area (Å²) in [6, 6.07) is 0. The Balaban J connectivity index is 2.04. The van der Waals surface area contributed by atoms with Crippen molar-refractivity contribution in [3.05, 3.63) is 0 Å². The van der Waals surface area contributed by atoms with Crippen LogP contribution in [-0.4, -0.2) is 84.4 Å². The molecule has 20 heavy (non-hydrogen) atoms. The molecule has 2 heterocycles. The maximum Gasteiger partial charge on any atom is 0.242 e. The third-order valence-electron chi connectivity index (χ3n) is 4.25. The highest BCUT2D eigenvalue weighted by Crippen LogP contribution is 2.21. The molecular formula is C14H27N3O3. The highest BCUT2D eigenvalue weighted by atomic mass is 16.5. The molecule has 0 radical (unpaired) electrons. The molecule has 2 aliphatic heterocycles. The van der Waals surface area contributed by atoms with Crippen LogP contribution < -0.4 is 5.32 Å². The van der Waals surface area contributed by atoms with E-state index >= 15 is 0 Å². The number of rotatable bonds is 3. The molecule has 2 unspecified atom stereocenters. The minimum Gasteiger partial charge on any atom is -0.394 e. The van der Waals surface area contributed by atoms with E-state index in [0.29, 0.717) is 13.1 Å². The van der Waals surface area contributed by atoms with E-state index in [2.05, 4.69) is 10.2 Å². The van der Waals surface area contributed by atoms with Gasteiger partial charge >= 0.3 is 0 Å². The lowest BCUT2D eigenvalue weighted by atomic mass is 9.98. The third kappa shape index (κ3) is 3.31. The van der Waals surface area contributed by atoms with Crippen molar-refractivity contribution in [3.8, 4) is 0 Å². The largest absolute Gasteiger partial charge is 0.394 e. The van der Waals surface area contributed by atoms with Gasteiger partial charge in [0, 0.05) is 39.3 Å². The number of nitrogens with one attached hydrogen (secondary N) is 1. The number of carbonyl (C=O) groups is 1. The van der Waals surface area contributed by atoms with Crippen molar-refractivity contribution >= 4 is 5.91 Å². The number of piperazine rings is 1. The molecule has 6 nitrogen and oxygen atoms in total. The number of amides is 1. The molecule has 0 aromatic rings. The van der Waals surface area contributed by atoms with Crippen molar-refractivity contribution in [1.82, 2.24) is 15.1 Å². The zero-order valence-electron chi connectivity index (χ0n) is 12.8. The van der Waals surface area contributed by atoms with Crippen molar-refractivity contribution in [2.24, 2.45) is 0 Å². The first-order valence-electron chi connectivity index (χ1n) is 7.46. The van der Waals surface area contributed by atoms with Gasteiger partial charge < -0.3 is 20.1 Å². The van der Waals surface area contributed by atoms with E-state index < -0.39 is 5.54 Å². The molecule has 0 aromatic carbocycles. The Morgan fingerprint density at radius 2 is 2.00 bits per heavy atom. The summed E-state index contributed by atoms with van der Waals surface area (Å²) < 4.78 is 5.61. The number of aliphatic hydroxyl groups excluding tert-OH is 1. The zero-order valence-corrected chi connectivity index (χ0v) is 12.8. The SMILES string of the molecule is CC1CN(C(=O)C(C)(C)N2CCNCC2)CC(CO)O1. The number of hydrogen-bond donors (Lipinski definition) is 2. The summed E-state index contributed by atoms with van der Waals surface area (Å²) in [5, 5.41) is 12.6. The summed E-state index contributed by atoms with van der Waals surface area (Å²) in [6.07, 6.45) is -0.287. The van der Waals surface area contributed by atoms with E-state index in [-0.39, 0.29) is 24.7 Å². The van der Waals surface area contributed by atoms with Gasteiger partial charge in [-0.05, 0) is 20.8 Å². The minimum atomic E-state index is -0.501. The second kappa shape index (κ2) is 6.39. The summed E-state index contributed by atoms with van der Waals surface area (Å²) in [5.41, 5.74) is -0.501. The second-order valence-electron chi connectivity index (χ2n) is 6.26. The van der Waals surface area contributed by atoms with Gasteiger partial charge in [0.15, 0.2) is 0 Å². The third-order valence-corrected chi connectivity index (χ3v) is 4.25. The van der Waals surface area contributed by atoms with Gasteiger partial charge in [-0.3, -0.25) is 9.69 Å². The maximum atomic E-state index is 12.9. The predicted molar refractivity (Wildman–Crippen MR) is 76.5 cm³/mol. The topological polar surface area (TPSA) is 65.0 Å². The van der Waals surface area contributed by atoms with Crippen molar-refractivity contribution in [1.29, 1.82) is 0 Å². The number of morpholine rings is 1. The molecule has 0 spiro atoms. The Bertz CT molecular complexity index is 343. The Kier molecular flexibility index (Phi) is 5.01. The van der Waals surface area contributed by atoms with Gasteiger partial charge in [-0.15, -0.1) is 0 Å². The number of hydrogen-bond acceptors (Lipinski definition) is 5. The molecule has 2 fully saturated rings. The number of aliphatic hydroxyl groups is 1. The van der Waals surface area contributed by atoms with Gasteiger partial charge in [0.05, 0.1) is 24.4 Å². The van der Waals surface area contributed by atoms with E-state index in [0.717, 1.165) is 26.2 Å². The van der Waals surface area contributed by atoms with Crippen LogP contribution in [0, 0.1) is 0 Å². The van der Waals surface area contributed by atoms with Crippen LogP contribution in [0.1, 0.15) is 20.8 Å². The lowest BCUT2D eigenvalue weighted by Gasteiger charge is -2.45. The zero-order chi connectivity index (χ0) is 14.8. The smallest absolute Gasteiger partial charge is 0.242 e. The van der Waals surface area contributed by atoms with Crippen LogP contribution in [0.25, 0.3) is 0 Å². The molecule has 6 heteroatoms. The van der Waals surface area contributed by atoms with Crippen LogP contribution >= 0.6 is 0 Å². The summed E-state index contributed by atoms with van der Waals surface area (Å²) in [4.78, 5) is 16.9. The highest BCUT2D eigenvalue weighted by molar-refractivity contribution is 5.85. The van der Waals surface area contributed by atoms with Crippen LogP contribution in [0.2, 0.25) is 0 Å². The van der Waals surface area contributed by atoms with Crippen LogP contribution in [0.3, 0.4) is 0 Å². The highest BCUT2D eigenvalue weighted by Gasteiger charge is 2.40. The van der Waals surface area contributed by atoms with E-state index in [9.17, 15) is 9.90 Å². The molecule has 2 rings (SSSR count). The lowest BCUT2D eigenvalue weighted by Crippen LogP contribution is -2.63. The summed E-state index contributed by atoms with van der Waals surface area (Å²) in [5.74, 6) is 0.132. The minimum absolute atomic E-state index is 0.0244. The van der Waals surface area contributed by atoms with Gasteiger partial charge in [-0.2, -0.15) is 0 Å². The van der Waals surface area contributed by atoms with Crippen molar-refractivity contribution in [2.45, 2.75) is 38.5 Å². The van der Waals surface area contributed by atoms with Crippen LogP contribution in [-0.2, 0) is 9.53 Å². The maximum absolute atomic E-state index is 12.9. The van der Waals surface area contributed by atoms with Gasteiger partial charge in [0.25, 0.3) is 0 Å². The molecule has 0 saturated carbocycles. The lowest BCUT2D eigenvalue weighted by molar-refractivity contribution is -0.158. The Hall–Kier alpha value is -0.690. The Morgan fingerprint density at radius 3 is 2.60 bits per heavy atom. The Labute approximate surface area is 121 Å². The number of carbonyl (C=O) groups excluding carboxylic acids is 1. The fourth-order valence-corrected chi connectivity index (χ4v) is 3.06. The van der Waals surface area contributed by atoms with E-state index in [1.54, 1.807) is 0 Å². The summed E-state index contributed by atoms with van der Waals surface area (Å²) in [6.45, 7) is 10.6. The van der Waals surface area contributed by atoms with Crippen LogP contribution in [0.4, 0.5) is 0 Å². The summed E-state index contributed by atoms with van der Waals surface area (Å²) in [7, 11) is 0. The van der Waals surface area contributed by atoms with Crippen molar-refractivity contribution < 1.29 is 14.6 Å². The van der Waals surface area contributed by atoms with Crippen molar-refractivity contribution in [3.63, 3.8) is 0 Å². The molecule has 2 saturated heterocycles. The fraction of sp³-hybridized carbons (Fsp3) is 0.929. The van der Waals surface area contributed by atoms with Crippen LogP contribution in [0.15, 0.2) is 0 Å². The summed E-state index contributed by atoms with van der Waals surface area (Å²) >= 11 is 0. The first-order valence-corrected chi connectivity index (χ1v) is 7.46. The predicted octanol–water partition coefficient (Wildman–Crippen LogP) is -0.722. The van der Waals surface area contributed by atoms with Gasteiger partial charge in [0.1, 0.15) is 0 Å². The van der Waals surface area contributed by atoms with Gasteiger partial charge in [0.2, 0.25) is 5.91 Å². The number of ether oxygens (including phenoxy) is 1. The average molecular weight is 285 g/mol. The average Bonchev–Trinajstić information content (AvgIpc) is 2.46. The normalized spacial score (nSPS) is 29.5. The molecule has 2 aliphatic rings. The quantitative estimate of drug-likeness (QED) is 0.716. The molecular weight excluding hydrogens is 258 g/mol. The van der Waals surface area contributed by atoms with Crippen molar-refractivity contribution in [2.75, 3.05) is 45.9 Å².